The van der Waals surface area contributed by atoms with Crippen LogP contribution in [0.2, 0.25) is 0 Å². The van der Waals surface area contributed by atoms with Crippen molar-refractivity contribution in [1.29, 1.82) is 0 Å². The molecule has 0 radical (unpaired) electrons. The van der Waals surface area contributed by atoms with Gasteiger partial charge in [0.1, 0.15) is 12.4 Å². The lowest BCUT2D eigenvalue weighted by atomic mass is 10.2. The summed E-state index contributed by atoms with van der Waals surface area (Å²) in [6.07, 6.45) is 2.00. The fraction of sp³-hybridized carbons (Fsp3) is 0.118. The number of aromatic amines is 2. The molecule has 0 amide bonds. The molecule has 2 aromatic carbocycles. The zero-order valence-corrected chi connectivity index (χ0v) is 11.5. The summed E-state index contributed by atoms with van der Waals surface area (Å²) in [5.74, 6) is 0.857. The largest absolute Gasteiger partial charge is 0.369 e. The van der Waals surface area contributed by atoms with Crippen LogP contribution in [0.15, 0.2) is 54.7 Å². The van der Waals surface area contributed by atoms with Gasteiger partial charge in [0.15, 0.2) is 0 Å². The molecular weight excluding hydrogens is 262 g/mol. The van der Waals surface area contributed by atoms with E-state index in [2.05, 4.69) is 27.1 Å². The van der Waals surface area contributed by atoms with Crippen LogP contribution in [-0.4, -0.2) is 15.0 Å². The number of aromatic nitrogens is 3. The van der Waals surface area contributed by atoms with E-state index in [1.165, 1.54) is 10.9 Å². The lowest BCUT2D eigenvalue weighted by molar-refractivity contribution is 0.103. The normalized spacial score (nSPS) is 11.4. The molecule has 2 N–H and O–H groups in total. The van der Waals surface area contributed by atoms with Gasteiger partial charge < -0.3 is 14.7 Å². The predicted molar refractivity (Wildman–Crippen MR) is 82.9 cm³/mol. The van der Waals surface area contributed by atoms with Crippen molar-refractivity contribution < 1.29 is 4.74 Å². The number of benzene rings is 2. The first kappa shape index (κ1) is 12.2. The summed E-state index contributed by atoms with van der Waals surface area (Å²) in [4.78, 5) is 11.0. The monoisotopic (exact) mass is 277 g/mol. The Morgan fingerprint density at radius 2 is 1.71 bits per heavy atom. The van der Waals surface area contributed by atoms with Crippen LogP contribution < -0.4 is 0 Å². The minimum Gasteiger partial charge on any atom is -0.369 e. The third kappa shape index (κ3) is 2.30. The van der Waals surface area contributed by atoms with Crippen LogP contribution in [0.4, 0.5) is 0 Å². The van der Waals surface area contributed by atoms with Crippen molar-refractivity contribution in [3.8, 4) is 0 Å². The Bertz CT molecular complexity index is 858. The number of imidazole rings is 1. The molecule has 0 aliphatic rings. The maximum atomic E-state index is 5.79. The van der Waals surface area contributed by atoms with E-state index in [4.69, 9.17) is 4.74 Å². The number of nitrogens with one attached hydrogen (secondary N) is 2. The van der Waals surface area contributed by atoms with Crippen LogP contribution >= 0.6 is 0 Å². The highest BCUT2D eigenvalue weighted by Gasteiger charge is 2.05. The fourth-order valence-corrected chi connectivity index (χ4v) is 2.58. The number of hydrogen-bond acceptors (Lipinski definition) is 2. The van der Waals surface area contributed by atoms with Gasteiger partial charge in [0.05, 0.1) is 17.6 Å². The van der Waals surface area contributed by atoms with Crippen LogP contribution in [0.1, 0.15) is 11.4 Å². The molecule has 0 saturated carbocycles. The molecule has 4 heteroatoms. The van der Waals surface area contributed by atoms with E-state index in [9.17, 15) is 0 Å². The van der Waals surface area contributed by atoms with Crippen molar-refractivity contribution in [2.75, 3.05) is 0 Å². The molecule has 104 valence electrons. The van der Waals surface area contributed by atoms with E-state index in [1.807, 2.05) is 42.6 Å². The Labute approximate surface area is 121 Å². The van der Waals surface area contributed by atoms with Crippen molar-refractivity contribution in [1.82, 2.24) is 15.0 Å². The number of ether oxygens (including phenoxy) is 1. The smallest absolute Gasteiger partial charge is 0.133 e. The van der Waals surface area contributed by atoms with Crippen LogP contribution in [0.3, 0.4) is 0 Å². The standard InChI is InChI=1S/C17H15N3O/c1-2-6-14-13(5-1)12(9-18-14)10-21-11-17-19-15-7-3-4-8-16(15)20-17/h1-9,18H,10-11H2,(H,19,20). The maximum Gasteiger partial charge on any atom is 0.133 e. The van der Waals surface area contributed by atoms with Gasteiger partial charge in [-0.2, -0.15) is 0 Å². The van der Waals surface area contributed by atoms with Crippen molar-refractivity contribution in [2.24, 2.45) is 0 Å². The highest BCUT2D eigenvalue weighted by Crippen LogP contribution is 2.19. The van der Waals surface area contributed by atoms with Gasteiger partial charge in [-0.15, -0.1) is 0 Å². The third-order valence-electron chi connectivity index (χ3n) is 3.61. The summed E-state index contributed by atoms with van der Waals surface area (Å²) >= 11 is 0. The van der Waals surface area contributed by atoms with Crippen LogP contribution in [0.25, 0.3) is 21.9 Å². The Morgan fingerprint density at radius 3 is 2.62 bits per heavy atom. The summed E-state index contributed by atoms with van der Waals surface area (Å²) in [6, 6.07) is 16.2. The summed E-state index contributed by atoms with van der Waals surface area (Å²) in [5, 5.41) is 1.21. The molecule has 2 heterocycles. The Hall–Kier alpha value is -2.59. The fourth-order valence-electron chi connectivity index (χ4n) is 2.58. The first-order valence-electron chi connectivity index (χ1n) is 6.96. The molecule has 4 rings (SSSR count). The number of hydrogen-bond donors (Lipinski definition) is 2. The van der Waals surface area contributed by atoms with Gasteiger partial charge in [-0.05, 0) is 18.2 Å². The minimum atomic E-state index is 0.480. The van der Waals surface area contributed by atoms with Gasteiger partial charge in [0.2, 0.25) is 0 Å². The van der Waals surface area contributed by atoms with Gasteiger partial charge in [-0.3, -0.25) is 0 Å². The molecule has 0 spiro atoms. The first-order valence-corrected chi connectivity index (χ1v) is 6.96. The summed E-state index contributed by atoms with van der Waals surface area (Å²) in [7, 11) is 0. The van der Waals surface area contributed by atoms with Gasteiger partial charge in [0, 0.05) is 22.7 Å². The topological polar surface area (TPSA) is 53.7 Å². The van der Waals surface area contributed by atoms with E-state index >= 15 is 0 Å². The van der Waals surface area contributed by atoms with Gasteiger partial charge in [0.25, 0.3) is 0 Å². The van der Waals surface area contributed by atoms with E-state index < -0.39 is 0 Å². The van der Waals surface area contributed by atoms with Crippen LogP contribution in [-0.2, 0) is 18.0 Å². The Kier molecular flexibility index (Phi) is 2.94. The van der Waals surface area contributed by atoms with E-state index in [0.29, 0.717) is 13.2 Å². The number of fused-ring (bicyclic) bond motifs is 2. The number of para-hydroxylation sites is 3. The van der Waals surface area contributed by atoms with Crippen LogP contribution in [0, 0.1) is 0 Å². The molecule has 0 unspecified atom stereocenters. The highest BCUT2D eigenvalue weighted by atomic mass is 16.5. The van der Waals surface area contributed by atoms with Gasteiger partial charge in [-0.25, -0.2) is 4.98 Å². The number of H-pyrrole nitrogens is 2. The molecule has 0 aliphatic carbocycles. The second-order valence-corrected chi connectivity index (χ2v) is 5.05. The van der Waals surface area contributed by atoms with Crippen molar-refractivity contribution in [2.45, 2.75) is 13.2 Å². The molecule has 21 heavy (non-hydrogen) atoms. The van der Waals surface area contributed by atoms with E-state index in [0.717, 1.165) is 22.4 Å². The van der Waals surface area contributed by atoms with Gasteiger partial charge >= 0.3 is 0 Å². The van der Waals surface area contributed by atoms with Crippen molar-refractivity contribution >= 4 is 21.9 Å². The predicted octanol–water partition coefficient (Wildman–Crippen LogP) is 3.76. The average molecular weight is 277 g/mol. The maximum absolute atomic E-state index is 5.79. The molecule has 0 fully saturated rings. The lowest BCUT2D eigenvalue weighted by Gasteiger charge is -2.01. The summed E-state index contributed by atoms with van der Waals surface area (Å²) < 4.78 is 5.79. The minimum absolute atomic E-state index is 0.480. The van der Waals surface area contributed by atoms with Gasteiger partial charge in [-0.1, -0.05) is 30.3 Å². The summed E-state index contributed by atoms with van der Waals surface area (Å²) in [5.41, 5.74) is 4.33. The highest BCUT2D eigenvalue weighted by molar-refractivity contribution is 5.82. The van der Waals surface area contributed by atoms with Crippen molar-refractivity contribution in [3.63, 3.8) is 0 Å². The lowest BCUT2D eigenvalue weighted by Crippen LogP contribution is -1.95. The third-order valence-corrected chi connectivity index (χ3v) is 3.61. The SMILES string of the molecule is c1ccc2[nH]c(COCc3c[nH]c4ccccc34)nc2c1. The zero-order chi connectivity index (χ0) is 14.1. The summed E-state index contributed by atoms with van der Waals surface area (Å²) in [6.45, 7) is 1.05. The average Bonchev–Trinajstić information content (AvgIpc) is 3.11. The van der Waals surface area contributed by atoms with E-state index in [1.54, 1.807) is 0 Å². The molecule has 2 aromatic heterocycles. The zero-order valence-electron chi connectivity index (χ0n) is 11.5. The Balaban J connectivity index is 1.47. The van der Waals surface area contributed by atoms with Crippen LogP contribution in [0.5, 0.6) is 0 Å². The van der Waals surface area contributed by atoms with E-state index in [-0.39, 0.29) is 0 Å². The second-order valence-electron chi connectivity index (χ2n) is 5.05. The second kappa shape index (κ2) is 5.07. The molecule has 0 saturated heterocycles. The quantitative estimate of drug-likeness (QED) is 0.596. The van der Waals surface area contributed by atoms with Crippen molar-refractivity contribution in [3.05, 3.63) is 66.1 Å². The first-order chi connectivity index (χ1) is 10.4. The molecular formula is C17H15N3O. The molecule has 0 aliphatic heterocycles. The molecule has 4 nitrogen and oxygen atoms in total. The molecule has 4 aromatic rings. The Morgan fingerprint density at radius 1 is 0.905 bits per heavy atom. The molecule has 0 atom stereocenters. The number of nitrogens with zero attached hydrogens (tertiary/aromatic N) is 1. The molecule has 0 bridgehead atoms. The number of rotatable bonds is 4.